The highest BCUT2D eigenvalue weighted by Crippen LogP contribution is 2.17. The van der Waals surface area contributed by atoms with Gasteiger partial charge >= 0.3 is 0 Å². The molecule has 0 bridgehead atoms. The molecule has 0 saturated carbocycles. The number of benzene rings is 1. The van der Waals surface area contributed by atoms with Crippen LogP contribution in [-0.4, -0.2) is 54.8 Å². The van der Waals surface area contributed by atoms with E-state index in [0.29, 0.717) is 19.8 Å². The second-order valence-electron chi connectivity index (χ2n) is 5.08. The van der Waals surface area contributed by atoms with E-state index in [1.165, 1.54) is 6.92 Å². The smallest absolute Gasteiger partial charge is 0.217 e. The van der Waals surface area contributed by atoms with Crippen LogP contribution < -0.4 is 5.32 Å². The number of ether oxygens (including phenoxy) is 1. The molecule has 5 nitrogen and oxygen atoms in total. The highest BCUT2D eigenvalue weighted by Gasteiger charge is 2.25. The molecule has 1 saturated heterocycles. The summed E-state index contributed by atoms with van der Waals surface area (Å²) >= 11 is 0. The van der Waals surface area contributed by atoms with Gasteiger partial charge in [-0.2, -0.15) is 0 Å². The minimum absolute atomic E-state index is 0.127. The van der Waals surface area contributed by atoms with Gasteiger partial charge in [0.2, 0.25) is 5.91 Å². The van der Waals surface area contributed by atoms with Crippen LogP contribution in [0.2, 0.25) is 0 Å². The molecule has 0 aromatic heterocycles. The molecular formula is C15H22N2O3. The molecule has 2 rings (SSSR count). The first kappa shape index (κ1) is 15.0. The van der Waals surface area contributed by atoms with Crippen molar-refractivity contribution in [3.05, 3.63) is 35.9 Å². The van der Waals surface area contributed by atoms with Crippen LogP contribution in [0.4, 0.5) is 0 Å². The number of rotatable bonds is 5. The molecule has 0 radical (unpaired) electrons. The minimum Gasteiger partial charge on any atom is -0.386 e. The van der Waals surface area contributed by atoms with Crippen molar-refractivity contribution in [2.24, 2.45) is 0 Å². The van der Waals surface area contributed by atoms with Crippen LogP contribution in [0.1, 0.15) is 18.6 Å². The molecule has 1 heterocycles. The summed E-state index contributed by atoms with van der Waals surface area (Å²) in [6.07, 6.45) is -0.706. The van der Waals surface area contributed by atoms with Crippen molar-refractivity contribution >= 4 is 5.91 Å². The molecule has 1 aliphatic rings. The zero-order valence-electron chi connectivity index (χ0n) is 11.8. The normalized spacial score (nSPS) is 19.3. The number of carbonyl (C=O) groups excluding carboxylic acids is 1. The van der Waals surface area contributed by atoms with Gasteiger partial charge in [0.05, 0.1) is 19.3 Å². The minimum atomic E-state index is -0.706. The first-order valence-corrected chi connectivity index (χ1v) is 6.97. The molecule has 1 amide bonds. The van der Waals surface area contributed by atoms with Gasteiger partial charge in [0.25, 0.3) is 0 Å². The Morgan fingerprint density at radius 1 is 1.35 bits per heavy atom. The molecule has 1 fully saturated rings. The summed E-state index contributed by atoms with van der Waals surface area (Å²) in [6.45, 7) is 5.17. The van der Waals surface area contributed by atoms with E-state index in [-0.39, 0.29) is 11.9 Å². The van der Waals surface area contributed by atoms with Gasteiger partial charge in [-0.1, -0.05) is 30.3 Å². The van der Waals surface area contributed by atoms with Crippen LogP contribution in [0.25, 0.3) is 0 Å². The van der Waals surface area contributed by atoms with Crippen LogP contribution in [0, 0.1) is 0 Å². The first-order chi connectivity index (χ1) is 9.66. The highest BCUT2D eigenvalue weighted by molar-refractivity contribution is 5.73. The van der Waals surface area contributed by atoms with Crippen LogP contribution in [0.3, 0.4) is 0 Å². The molecule has 0 unspecified atom stereocenters. The first-order valence-electron chi connectivity index (χ1n) is 6.97. The lowest BCUT2D eigenvalue weighted by Crippen LogP contribution is -2.49. The van der Waals surface area contributed by atoms with Crippen molar-refractivity contribution in [3.8, 4) is 0 Å². The molecule has 1 aromatic rings. The molecule has 2 atom stereocenters. The maximum absolute atomic E-state index is 11.4. The Bertz CT molecular complexity index is 418. The van der Waals surface area contributed by atoms with Crippen molar-refractivity contribution in [2.45, 2.75) is 19.1 Å². The molecule has 0 aliphatic carbocycles. The van der Waals surface area contributed by atoms with Gasteiger partial charge in [-0.25, -0.2) is 0 Å². The second-order valence-corrected chi connectivity index (χ2v) is 5.08. The zero-order valence-corrected chi connectivity index (χ0v) is 11.8. The molecule has 2 N–H and O–H groups in total. The van der Waals surface area contributed by atoms with Gasteiger partial charge in [0, 0.05) is 26.6 Å². The average molecular weight is 278 g/mol. The number of aliphatic hydroxyl groups excluding tert-OH is 1. The van der Waals surface area contributed by atoms with Gasteiger partial charge in [-0.3, -0.25) is 9.69 Å². The average Bonchev–Trinajstić information content (AvgIpc) is 2.47. The fourth-order valence-corrected chi connectivity index (χ4v) is 2.43. The number of aliphatic hydroxyl groups is 1. The van der Waals surface area contributed by atoms with Crippen molar-refractivity contribution in [3.63, 3.8) is 0 Å². The van der Waals surface area contributed by atoms with E-state index < -0.39 is 6.10 Å². The molecule has 5 heteroatoms. The molecule has 0 spiro atoms. The summed E-state index contributed by atoms with van der Waals surface area (Å²) in [4.78, 5) is 13.6. The third-order valence-electron chi connectivity index (χ3n) is 3.47. The van der Waals surface area contributed by atoms with E-state index in [4.69, 9.17) is 4.74 Å². The molecule has 1 aliphatic heterocycles. The number of hydrogen-bond acceptors (Lipinski definition) is 4. The molecule has 1 aromatic carbocycles. The predicted octanol–water partition coefficient (Wildman–Crippen LogP) is 0.557. The SMILES string of the molecule is CC(=O)N[C@@H](CN1CCOCC1)[C@@H](O)c1ccccc1. The summed E-state index contributed by atoms with van der Waals surface area (Å²) in [7, 11) is 0. The number of nitrogens with one attached hydrogen (secondary N) is 1. The van der Waals surface area contributed by atoms with Crippen molar-refractivity contribution < 1.29 is 14.6 Å². The summed E-state index contributed by atoms with van der Waals surface area (Å²) in [5.74, 6) is -0.127. The van der Waals surface area contributed by atoms with Gasteiger partial charge in [0.1, 0.15) is 6.10 Å². The van der Waals surface area contributed by atoms with Gasteiger partial charge in [-0.05, 0) is 5.56 Å². The van der Waals surface area contributed by atoms with Crippen molar-refractivity contribution in [1.29, 1.82) is 0 Å². The number of morpholine rings is 1. The fourth-order valence-electron chi connectivity index (χ4n) is 2.43. The third kappa shape index (κ3) is 4.30. The van der Waals surface area contributed by atoms with Crippen LogP contribution in [-0.2, 0) is 9.53 Å². The summed E-state index contributed by atoms with van der Waals surface area (Å²) in [5.41, 5.74) is 0.819. The Labute approximate surface area is 119 Å². The van der Waals surface area contributed by atoms with Gasteiger partial charge in [-0.15, -0.1) is 0 Å². The fraction of sp³-hybridized carbons (Fsp3) is 0.533. The van der Waals surface area contributed by atoms with Crippen LogP contribution in [0.5, 0.6) is 0 Å². The summed E-state index contributed by atoms with van der Waals surface area (Å²) < 4.78 is 5.32. The highest BCUT2D eigenvalue weighted by atomic mass is 16.5. The largest absolute Gasteiger partial charge is 0.386 e. The lowest BCUT2D eigenvalue weighted by Gasteiger charge is -2.32. The Morgan fingerprint density at radius 3 is 2.60 bits per heavy atom. The number of hydrogen-bond donors (Lipinski definition) is 2. The Balaban J connectivity index is 2.03. The quantitative estimate of drug-likeness (QED) is 0.826. The van der Waals surface area contributed by atoms with E-state index in [9.17, 15) is 9.90 Å². The van der Waals surface area contributed by atoms with Crippen LogP contribution >= 0.6 is 0 Å². The molecular weight excluding hydrogens is 256 g/mol. The van der Waals surface area contributed by atoms with E-state index in [0.717, 1.165) is 18.7 Å². The summed E-state index contributed by atoms with van der Waals surface area (Å²) in [6, 6.07) is 9.12. The maximum Gasteiger partial charge on any atom is 0.217 e. The maximum atomic E-state index is 11.4. The topological polar surface area (TPSA) is 61.8 Å². The molecule has 20 heavy (non-hydrogen) atoms. The number of nitrogens with zero attached hydrogens (tertiary/aromatic N) is 1. The Morgan fingerprint density at radius 2 is 2.00 bits per heavy atom. The zero-order chi connectivity index (χ0) is 14.4. The monoisotopic (exact) mass is 278 g/mol. The Hall–Kier alpha value is -1.43. The predicted molar refractivity (Wildman–Crippen MR) is 76.3 cm³/mol. The van der Waals surface area contributed by atoms with Crippen molar-refractivity contribution in [2.75, 3.05) is 32.8 Å². The lowest BCUT2D eigenvalue weighted by molar-refractivity contribution is -0.120. The van der Waals surface area contributed by atoms with Gasteiger partial charge in [0.15, 0.2) is 0 Å². The van der Waals surface area contributed by atoms with E-state index in [2.05, 4.69) is 10.2 Å². The summed E-state index contributed by atoms with van der Waals surface area (Å²) in [5, 5.41) is 13.3. The van der Waals surface area contributed by atoms with Crippen molar-refractivity contribution in [1.82, 2.24) is 10.2 Å². The molecule has 110 valence electrons. The lowest BCUT2D eigenvalue weighted by atomic mass is 10.0. The van der Waals surface area contributed by atoms with Crippen LogP contribution in [0.15, 0.2) is 30.3 Å². The van der Waals surface area contributed by atoms with E-state index >= 15 is 0 Å². The number of amides is 1. The standard InChI is InChI=1S/C15H22N2O3/c1-12(18)16-14(11-17-7-9-20-10-8-17)15(19)13-5-3-2-4-6-13/h2-6,14-15,19H,7-11H2,1H3,(H,16,18)/t14-,15-/m0/s1. The second kappa shape index (κ2) is 7.38. The van der Waals surface area contributed by atoms with E-state index in [1.54, 1.807) is 0 Å². The van der Waals surface area contributed by atoms with E-state index in [1.807, 2.05) is 30.3 Å². The Kier molecular flexibility index (Phi) is 5.52. The third-order valence-corrected chi connectivity index (χ3v) is 3.47. The number of carbonyl (C=O) groups is 1. The van der Waals surface area contributed by atoms with Gasteiger partial charge < -0.3 is 15.2 Å².